The molecule has 0 saturated carbocycles. The third-order valence-electron chi connectivity index (χ3n) is 1.50. The molecule has 1 aromatic carbocycles. The minimum Gasteiger partial charge on any atom is -0.397 e. The zero-order valence-corrected chi connectivity index (χ0v) is 7.10. The molecule has 4 N–H and O–H groups in total. The van der Waals surface area contributed by atoms with Crippen LogP contribution in [-0.2, 0) is 6.42 Å². The summed E-state index contributed by atoms with van der Waals surface area (Å²) in [5.74, 6) is 0. The molecule has 0 atom stereocenters. The quantitative estimate of drug-likeness (QED) is 0.646. The summed E-state index contributed by atoms with van der Waals surface area (Å²) in [7, 11) is 0. The molecule has 0 aliphatic heterocycles. The molecule has 0 unspecified atom stereocenters. The fraction of sp³-hybridized carbons (Fsp3) is 0.125. The summed E-state index contributed by atoms with van der Waals surface area (Å²) in [5.41, 5.74) is 12.6. The number of hydrogen-bond acceptors (Lipinski definition) is 3. The smallest absolute Gasteiger partial charge is 0.0737 e. The Balaban J connectivity index is 3.14. The van der Waals surface area contributed by atoms with E-state index in [1.54, 1.807) is 12.1 Å². The molecule has 0 spiro atoms. The second-order valence-electron chi connectivity index (χ2n) is 2.42. The van der Waals surface area contributed by atoms with Crippen LogP contribution < -0.4 is 11.5 Å². The predicted molar refractivity (Wildman–Crippen MR) is 49.6 cm³/mol. The van der Waals surface area contributed by atoms with Crippen LogP contribution in [0, 0.1) is 11.3 Å². The fourth-order valence-corrected chi connectivity index (χ4v) is 1.14. The lowest BCUT2D eigenvalue weighted by molar-refractivity contribution is 1.27. The molecule has 0 fully saturated rings. The molecule has 0 aliphatic rings. The van der Waals surface area contributed by atoms with Crippen molar-refractivity contribution in [3.8, 4) is 6.07 Å². The molecule has 0 radical (unpaired) electrons. The van der Waals surface area contributed by atoms with Gasteiger partial charge in [0, 0.05) is 0 Å². The van der Waals surface area contributed by atoms with Crippen LogP contribution in [-0.4, -0.2) is 0 Å². The Morgan fingerprint density at radius 1 is 1.42 bits per heavy atom. The molecular weight excluding hydrogens is 174 g/mol. The van der Waals surface area contributed by atoms with Crippen molar-refractivity contribution in [1.29, 1.82) is 5.26 Å². The monoisotopic (exact) mass is 181 g/mol. The zero-order chi connectivity index (χ0) is 9.14. The number of benzene rings is 1. The number of anilines is 2. The molecule has 62 valence electrons. The molecular formula is C8H8ClN3. The fourth-order valence-electron chi connectivity index (χ4n) is 0.891. The SMILES string of the molecule is N#CCc1cc(N)c(N)c(Cl)c1. The Kier molecular flexibility index (Phi) is 2.41. The topological polar surface area (TPSA) is 75.8 Å². The molecule has 0 aromatic heterocycles. The van der Waals surface area contributed by atoms with Gasteiger partial charge in [-0.05, 0) is 17.7 Å². The van der Waals surface area contributed by atoms with Gasteiger partial charge in [0.15, 0.2) is 0 Å². The molecule has 0 heterocycles. The summed E-state index contributed by atoms with van der Waals surface area (Å²) in [4.78, 5) is 0. The minimum absolute atomic E-state index is 0.296. The van der Waals surface area contributed by atoms with Crippen molar-refractivity contribution in [2.24, 2.45) is 0 Å². The highest BCUT2D eigenvalue weighted by molar-refractivity contribution is 6.33. The summed E-state index contributed by atoms with van der Waals surface area (Å²) in [6.45, 7) is 0. The van der Waals surface area contributed by atoms with Crippen LogP contribution in [0.1, 0.15) is 5.56 Å². The lowest BCUT2D eigenvalue weighted by Gasteiger charge is -2.04. The van der Waals surface area contributed by atoms with Gasteiger partial charge in [0.1, 0.15) is 0 Å². The van der Waals surface area contributed by atoms with E-state index in [1.807, 2.05) is 6.07 Å². The van der Waals surface area contributed by atoms with Crippen LogP contribution in [0.3, 0.4) is 0 Å². The van der Waals surface area contributed by atoms with Gasteiger partial charge in [-0.15, -0.1) is 0 Å². The third kappa shape index (κ3) is 1.60. The zero-order valence-electron chi connectivity index (χ0n) is 6.34. The first-order valence-corrected chi connectivity index (χ1v) is 3.73. The largest absolute Gasteiger partial charge is 0.397 e. The van der Waals surface area contributed by atoms with Gasteiger partial charge in [-0.1, -0.05) is 11.6 Å². The van der Waals surface area contributed by atoms with E-state index in [2.05, 4.69) is 0 Å². The van der Waals surface area contributed by atoms with E-state index in [0.29, 0.717) is 22.8 Å². The van der Waals surface area contributed by atoms with Gasteiger partial charge in [0.05, 0.1) is 28.9 Å². The number of nitrogens with two attached hydrogens (primary N) is 2. The number of nitriles is 1. The predicted octanol–water partition coefficient (Wildman–Crippen LogP) is 1.57. The first-order valence-electron chi connectivity index (χ1n) is 3.35. The average Bonchev–Trinajstić information content (AvgIpc) is 2.01. The van der Waals surface area contributed by atoms with E-state index in [9.17, 15) is 0 Å². The van der Waals surface area contributed by atoms with E-state index in [-0.39, 0.29) is 0 Å². The Morgan fingerprint density at radius 3 is 2.58 bits per heavy atom. The van der Waals surface area contributed by atoms with Crippen molar-refractivity contribution in [3.63, 3.8) is 0 Å². The highest BCUT2D eigenvalue weighted by atomic mass is 35.5. The minimum atomic E-state index is 0.296. The van der Waals surface area contributed by atoms with E-state index >= 15 is 0 Å². The van der Waals surface area contributed by atoms with E-state index < -0.39 is 0 Å². The molecule has 3 nitrogen and oxygen atoms in total. The molecule has 1 aromatic rings. The summed E-state index contributed by atoms with van der Waals surface area (Å²) in [6, 6.07) is 5.31. The van der Waals surface area contributed by atoms with Crippen LogP contribution in [0.5, 0.6) is 0 Å². The van der Waals surface area contributed by atoms with Crippen molar-refractivity contribution in [2.45, 2.75) is 6.42 Å². The molecule has 0 bridgehead atoms. The molecule has 0 amide bonds. The van der Waals surface area contributed by atoms with Crippen molar-refractivity contribution in [2.75, 3.05) is 11.5 Å². The van der Waals surface area contributed by atoms with Gasteiger partial charge < -0.3 is 11.5 Å². The Labute approximate surface area is 75.5 Å². The number of nitrogen functional groups attached to an aromatic ring is 2. The number of nitrogens with zero attached hydrogens (tertiary/aromatic N) is 1. The van der Waals surface area contributed by atoms with Crippen molar-refractivity contribution in [1.82, 2.24) is 0 Å². The third-order valence-corrected chi connectivity index (χ3v) is 1.82. The highest BCUT2D eigenvalue weighted by Crippen LogP contribution is 2.26. The first-order chi connectivity index (χ1) is 5.65. The Hall–Kier alpha value is -1.40. The lowest BCUT2D eigenvalue weighted by atomic mass is 10.1. The second-order valence-corrected chi connectivity index (χ2v) is 2.82. The molecule has 0 saturated heterocycles. The standard InChI is InChI=1S/C8H8ClN3/c9-6-3-5(1-2-10)4-7(11)8(6)12/h3-4H,1,11-12H2. The van der Waals surface area contributed by atoms with E-state index in [4.69, 9.17) is 28.3 Å². The van der Waals surface area contributed by atoms with Crippen LogP contribution in [0.15, 0.2) is 12.1 Å². The van der Waals surface area contributed by atoms with E-state index in [0.717, 1.165) is 5.56 Å². The van der Waals surface area contributed by atoms with Gasteiger partial charge in [0.25, 0.3) is 0 Å². The Morgan fingerprint density at radius 2 is 2.08 bits per heavy atom. The van der Waals surface area contributed by atoms with Crippen molar-refractivity contribution < 1.29 is 0 Å². The van der Waals surface area contributed by atoms with Crippen molar-refractivity contribution >= 4 is 23.0 Å². The summed E-state index contributed by atoms with van der Waals surface area (Å²) in [6.07, 6.45) is 0.296. The van der Waals surface area contributed by atoms with Crippen LogP contribution in [0.4, 0.5) is 11.4 Å². The average molecular weight is 182 g/mol. The molecule has 1 rings (SSSR count). The molecule has 4 heteroatoms. The van der Waals surface area contributed by atoms with Gasteiger partial charge in [-0.3, -0.25) is 0 Å². The summed E-state index contributed by atoms with van der Waals surface area (Å²) < 4.78 is 0. The number of halogens is 1. The number of hydrogen-bond donors (Lipinski definition) is 2. The van der Waals surface area contributed by atoms with Crippen LogP contribution >= 0.6 is 11.6 Å². The number of rotatable bonds is 1. The van der Waals surface area contributed by atoms with Gasteiger partial charge in [-0.2, -0.15) is 5.26 Å². The van der Waals surface area contributed by atoms with Gasteiger partial charge >= 0.3 is 0 Å². The molecule has 12 heavy (non-hydrogen) atoms. The van der Waals surface area contributed by atoms with Crippen LogP contribution in [0.25, 0.3) is 0 Å². The van der Waals surface area contributed by atoms with E-state index in [1.165, 1.54) is 0 Å². The van der Waals surface area contributed by atoms with Gasteiger partial charge in [0.2, 0.25) is 0 Å². The summed E-state index contributed by atoms with van der Waals surface area (Å²) >= 11 is 5.74. The summed E-state index contributed by atoms with van der Waals surface area (Å²) in [5, 5.41) is 8.81. The highest BCUT2D eigenvalue weighted by Gasteiger charge is 2.02. The Bertz CT molecular complexity index is 318. The maximum Gasteiger partial charge on any atom is 0.0737 e. The lowest BCUT2D eigenvalue weighted by Crippen LogP contribution is -1.97. The maximum absolute atomic E-state index is 8.41. The van der Waals surface area contributed by atoms with Crippen molar-refractivity contribution in [3.05, 3.63) is 22.7 Å². The van der Waals surface area contributed by atoms with Crippen LogP contribution in [0.2, 0.25) is 5.02 Å². The maximum atomic E-state index is 8.41. The first kappa shape index (κ1) is 8.69. The molecule has 0 aliphatic carbocycles. The normalized spacial score (nSPS) is 9.33. The second kappa shape index (κ2) is 3.33. The van der Waals surface area contributed by atoms with Gasteiger partial charge in [-0.25, -0.2) is 0 Å².